The number of hydrogen-bond acceptors (Lipinski definition) is 3. The number of rotatable bonds is 0. The first-order valence-corrected chi connectivity index (χ1v) is 4.72. The molecule has 0 spiro atoms. The maximum absolute atomic E-state index is 8.76. The summed E-state index contributed by atoms with van der Waals surface area (Å²) in [6.07, 6.45) is 4.43. The lowest BCUT2D eigenvalue weighted by Gasteiger charge is -1.98. The van der Waals surface area contributed by atoms with Crippen LogP contribution in [0.1, 0.15) is 17.0 Å². The van der Waals surface area contributed by atoms with Crippen LogP contribution in [0.5, 0.6) is 0 Å². The van der Waals surface area contributed by atoms with Gasteiger partial charge in [-0.3, -0.25) is 4.98 Å². The number of hydrogen-bond donors (Lipinski definition) is 0. The van der Waals surface area contributed by atoms with Crippen molar-refractivity contribution in [3.05, 3.63) is 47.5 Å². The average Bonchev–Trinajstić information content (AvgIpc) is 2.66. The molecule has 3 nitrogen and oxygen atoms in total. The molecule has 0 aromatic carbocycles. The van der Waals surface area contributed by atoms with Crippen LogP contribution in [-0.4, -0.2) is 9.97 Å². The summed E-state index contributed by atoms with van der Waals surface area (Å²) in [4.78, 5) is 8.39. The first-order valence-electron chi connectivity index (χ1n) is 4.72. The van der Waals surface area contributed by atoms with E-state index in [1.54, 1.807) is 12.3 Å². The average molecular weight is 193 g/mol. The van der Waals surface area contributed by atoms with Gasteiger partial charge in [-0.1, -0.05) is 0 Å². The van der Waals surface area contributed by atoms with E-state index in [-0.39, 0.29) is 0 Å². The molecule has 0 N–H and O–H groups in total. The van der Waals surface area contributed by atoms with Crippen LogP contribution in [0.4, 0.5) is 0 Å². The maximum atomic E-state index is 8.76. The molecular weight excluding hydrogens is 186 g/mol. The van der Waals surface area contributed by atoms with E-state index >= 15 is 0 Å². The van der Waals surface area contributed by atoms with Gasteiger partial charge in [-0.15, -0.1) is 0 Å². The van der Waals surface area contributed by atoms with E-state index in [2.05, 4.69) is 16.0 Å². The smallest absolute Gasteiger partial charge is 0.140 e. The highest BCUT2D eigenvalue weighted by Gasteiger charge is 2.19. The molecule has 0 atom stereocenters. The second-order valence-electron chi connectivity index (χ2n) is 3.51. The molecule has 0 saturated heterocycles. The zero-order valence-corrected chi connectivity index (χ0v) is 7.94. The molecule has 2 aromatic heterocycles. The molecule has 0 radical (unpaired) electrons. The molecule has 0 saturated carbocycles. The van der Waals surface area contributed by atoms with Crippen LogP contribution in [0.15, 0.2) is 30.6 Å². The van der Waals surface area contributed by atoms with Gasteiger partial charge in [-0.05, 0) is 29.3 Å². The van der Waals surface area contributed by atoms with Crippen molar-refractivity contribution in [1.29, 1.82) is 5.26 Å². The lowest BCUT2D eigenvalue weighted by atomic mass is 10.1. The maximum Gasteiger partial charge on any atom is 0.140 e. The van der Waals surface area contributed by atoms with E-state index in [9.17, 15) is 0 Å². The largest absolute Gasteiger partial charge is 0.264 e. The molecule has 15 heavy (non-hydrogen) atoms. The summed E-state index contributed by atoms with van der Waals surface area (Å²) in [5, 5.41) is 8.76. The van der Waals surface area contributed by atoms with Crippen molar-refractivity contribution in [3.63, 3.8) is 0 Å². The minimum absolute atomic E-state index is 0.481. The third-order valence-corrected chi connectivity index (χ3v) is 2.64. The van der Waals surface area contributed by atoms with Crippen molar-refractivity contribution in [2.75, 3.05) is 0 Å². The summed E-state index contributed by atoms with van der Waals surface area (Å²) in [5.41, 5.74) is 4.98. The predicted molar refractivity (Wildman–Crippen MR) is 55.0 cm³/mol. The Bertz CT molecular complexity index is 582. The van der Waals surface area contributed by atoms with Gasteiger partial charge in [0.15, 0.2) is 0 Å². The summed E-state index contributed by atoms with van der Waals surface area (Å²) < 4.78 is 0. The fraction of sp³-hybridized carbons (Fsp3) is 0.0833. The fourth-order valence-electron chi connectivity index (χ4n) is 1.95. The van der Waals surface area contributed by atoms with Gasteiger partial charge in [0, 0.05) is 24.4 Å². The number of nitrogens with zero attached hydrogens (tertiary/aromatic N) is 3. The highest BCUT2D eigenvalue weighted by Crippen LogP contribution is 2.34. The molecule has 0 unspecified atom stereocenters. The zero-order chi connectivity index (χ0) is 10.3. The molecule has 2 aromatic rings. The zero-order valence-electron chi connectivity index (χ0n) is 7.94. The third-order valence-electron chi connectivity index (χ3n) is 2.64. The van der Waals surface area contributed by atoms with E-state index in [1.165, 1.54) is 11.1 Å². The number of nitriles is 1. The Kier molecular flexibility index (Phi) is 1.57. The Morgan fingerprint density at radius 1 is 1.20 bits per heavy atom. The normalized spacial score (nSPS) is 11.7. The second kappa shape index (κ2) is 2.89. The lowest BCUT2D eigenvalue weighted by molar-refractivity contribution is 1.09. The van der Waals surface area contributed by atoms with Crippen LogP contribution in [0.3, 0.4) is 0 Å². The van der Waals surface area contributed by atoms with Gasteiger partial charge in [0.25, 0.3) is 0 Å². The Balaban J connectivity index is 2.23. The van der Waals surface area contributed by atoms with Crippen molar-refractivity contribution < 1.29 is 0 Å². The first kappa shape index (κ1) is 8.13. The summed E-state index contributed by atoms with van der Waals surface area (Å²) in [6, 6.07) is 7.77. The van der Waals surface area contributed by atoms with Crippen LogP contribution in [0, 0.1) is 11.3 Å². The second-order valence-corrected chi connectivity index (χ2v) is 3.51. The van der Waals surface area contributed by atoms with Crippen LogP contribution in [0.2, 0.25) is 0 Å². The fourth-order valence-corrected chi connectivity index (χ4v) is 1.95. The van der Waals surface area contributed by atoms with E-state index in [0.717, 1.165) is 17.7 Å². The number of aromatic nitrogens is 2. The number of pyridine rings is 2. The van der Waals surface area contributed by atoms with Gasteiger partial charge in [0.05, 0.1) is 5.69 Å². The molecule has 0 bridgehead atoms. The summed E-state index contributed by atoms with van der Waals surface area (Å²) in [6.45, 7) is 0. The molecule has 2 heterocycles. The highest BCUT2D eigenvalue weighted by molar-refractivity contribution is 5.74. The van der Waals surface area contributed by atoms with Crippen molar-refractivity contribution >= 4 is 0 Å². The molecule has 1 aliphatic rings. The van der Waals surface area contributed by atoms with E-state index < -0.39 is 0 Å². The predicted octanol–water partition coefficient (Wildman–Crippen LogP) is 1.92. The molecular formula is C12H7N3. The molecule has 3 rings (SSSR count). The van der Waals surface area contributed by atoms with Crippen molar-refractivity contribution in [2.24, 2.45) is 0 Å². The standard InChI is InChI=1S/C12H7N3/c13-6-9-1-2-11-10-3-4-14-7-8(10)5-12(11)15-9/h1-4,7H,5H2. The van der Waals surface area contributed by atoms with Gasteiger partial charge in [0.2, 0.25) is 0 Å². The topological polar surface area (TPSA) is 49.6 Å². The van der Waals surface area contributed by atoms with Gasteiger partial charge in [-0.25, -0.2) is 4.98 Å². The Hall–Kier alpha value is -2.21. The van der Waals surface area contributed by atoms with Gasteiger partial charge in [0.1, 0.15) is 11.8 Å². The highest BCUT2D eigenvalue weighted by atomic mass is 14.7. The Morgan fingerprint density at radius 3 is 3.00 bits per heavy atom. The van der Waals surface area contributed by atoms with Gasteiger partial charge in [-0.2, -0.15) is 5.26 Å². The van der Waals surface area contributed by atoms with E-state index in [1.807, 2.05) is 18.3 Å². The summed E-state index contributed by atoms with van der Waals surface area (Å²) >= 11 is 0. The Morgan fingerprint density at radius 2 is 2.13 bits per heavy atom. The van der Waals surface area contributed by atoms with Crippen molar-refractivity contribution in [1.82, 2.24) is 9.97 Å². The molecule has 1 aliphatic carbocycles. The van der Waals surface area contributed by atoms with Crippen LogP contribution < -0.4 is 0 Å². The van der Waals surface area contributed by atoms with Crippen molar-refractivity contribution in [3.8, 4) is 17.2 Å². The molecule has 0 fully saturated rings. The first-order chi connectivity index (χ1) is 7.38. The van der Waals surface area contributed by atoms with E-state index in [4.69, 9.17) is 5.26 Å². The Labute approximate surface area is 87.0 Å². The SMILES string of the molecule is N#Cc1ccc2c(n1)Cc1cnccc1-2. The van der Waals surface area contributed by atoms with Gasteiger partial charge >= 0.3 is 0 Å². The van der Waals surface area contributed by atoms with Crippen LogP contribution in [-0.2, 0) is 6.42 Å². The molecule has 0 aliphatic heterocycles. The summed E-state index contributed by atoms with van der Waals surface area (Å²) in [5.74, 6) is 0. The number of fused-ring (bicyclic) bond motifs is 3. The quantitative estimate of drug-likeness (QED) is 0.548. The van der Waals surface area contributed by atoms with E-state index in [0.29, 0.717) is 5.69 Å². The summed E-state index contributed by atoms with van der Waals surface area (Å²) in [7, 11) is 0. The monoisotopic (exact) mass is 193 g/mol. The molecule has 0 amide bonds. The minimum atomic E-state index is 0.481. The third kappa shape index (κ3) is 1.12. The minimum Gasteiger partial charge on any atom is -0.264 e. The van der Waals surface area contributed by atoms with Crippen LogP contribution >= 0.6 is 0 Å². The lowest BCUT2D eigenvalue weighted by Crippen LogP contribution is -1.89. The van der Waals surface area contributed by atoms with Crippen molar-refractivity contribution in [2.45, 2.75) is 6.42 Å². The molecule has 3 heteroatoms. The molecule has 70 valence electrons. The van der Waals surface area contributed by atoms with Crippen LogP contribution in [0.25, 0.3) is 11.1 Å². The van der Waals surface area contributed by atoms with Gasteiger partial charge < -0.3 is 0 Å².